The predicted molar refractivity (Wildman–Crippen MR) is 109 cm³/mol. The van der Waals surface area contributed by atoms with Crippen molar-refractivity contribution >= 4 is 0 Å². The summed E-state index contributed by atoms with van der Waals surface area (Å²) in [5.41, 5.74) is 0. The van der Waals surface area contributed by atoms with Crippen LogP contribution in [-0.2, 0) is 0 Å². The fraction of sp³-hybridized carbons (Fsp3) is 0.913. The van der Waals surface area contributed by atoms with Gasteiger partial charge in [0.1, 0.15) is 0 Å². The Balaban J connectivity index is 2.68. The summed E-state index contributed by atoms with van der Waals surface area (Å²) in [5.74, 6) is 4.75. The van der Waals surface area contributed by atoms with Crippen molar-refractivity contribution in [2.24, 2.45) is 35.5 Å². The maximum absolute atomic E-state index is 3.85. The Bertz CT molecular complexity index is 357. The average molecular weight is 336 g/mol. The number of hydrogen-bond donors (Lipinski definition) is 1. The highest BCUT2D eigenvalue weighted by atomic mass is 14.9. The largest absolute Gasteiger partial charge is 0.311 e. The number of allylic oxidation sites excluding steroid dienone is 2. The highest BCUT2D eigenvalue weighted by Crippen LogP contribution is 2.36. The van der Waals surface area contributed by atoms with E-state index in [9.17, 15) is 0 Å². The van der Waals surface area contributed by atoms with Gasteiger partial charge in [0.05, 0.1) is 0 Å². The van der Waals surface area contributed by atoms with Crippen molar-refractivity contribution in [3.63, 3.8) is 0 Å². The SMILES string of the molecule is CC(C)C(C)CC(CC(C)C(C)NC(C)C(C)C)C1C=CCCC1. The second-order valence-electron chi connectivity index (χ2n) is 9.44. The van der Waals surface area contributed by atoms with E-state index in [1.807, 2.05) is 0 Å². The lowest BCUT2D eigenvalue weighted by molar-refractivity contribution is 0.199. The summed E-state index contributed by atoms with van der Waals surface area (Å²) in [4.78, 5) is 0. The van der Waals surface area contributed by atoms with Crippen LogP contribution in [0.1, 0.15) is 87.5 Å². The van der Waals surface area contributed by atoms with Crippen molar-refractivity contribution in [2.45, 2.75) is 99.6 Å². The van der Waals surface area contributed by atoms with E-state index in [4.69, 9.17) is 0 Å². The zero-order chi connectivity index (χ0) is 18.3. The smallest absolute Gasteiger partial charge is 0.00670 e. The maximum Gasteiger partial charge on any atom is 0.00670 e. The lowest BCUT2D eigenvalue weighted by atomic mass is 9.73. The first kappa shape index (κ1) is 21.7. The molecule has 0 aliphatic heterocycles. The first-order valence-electron chi connectivity index (χ1n) is 10.6. The molecule has 0 saturated carbocycles. The van der Waals surface area contributed by atoms with E-state index < -0.39 is 0 Å². The molecule has 24 heavy (non-hydrogen) atoms. The standard InChI is InChI=1S/C23H45N/c1-16(2)18(5)14-23(22-12-10-9-11-13-22)15-19(6)21(8)24-20(7)17(3)4/h10,12,16-24H,9,11,13-15H2,1-8H3. The van der Waals surface area contributed by atoms with Crippen molar-refractivity contribution in [1.82, 2.24) is 5.32 Å². The van der Waals surface area contributed by atoms with Crippen molar-refractivity contribution in [3.05, 3.63) is 12.2 Å². The molecule has 1 nitrogen and oxygen atoms in total. The van der Waals surface area contributed by atoms with Gasteiger partial charge < -0.3 is 5.32 Å². The van der Waals surface area contributed by atoms with E-state index in [-0.39, 0.29) is 0 Å². The van der Waals surface area contributed by atoms with E-state index >= 15 is 0 Å². The van der Waals surface area contributed by atoms with E-state index in [0.29, 0.717) is 18.0 Å². The van der Waals surface area contributed by atoms with Crippen LogP contribution in [0, 0.1) is 35.5 Å². The van der Waals surface area contributed by atoms with Gasteiger partial charge in [-0.25, -0.2) is 0 Å². The van der Waals surface area contributed by atoms with Gasteiger partial charge in [0.2, 0.25) is 0 Å². The zero-order valence-corrected chi connectivity index (χ0v) is 17.8. The molecule has 1 N–H and O–H groups in total. The molecule has 0 aromatic rings. The van der Waals surface area contributed by atoms with Gasteiger partial charge in [-0.15, -0.1) is 0 Å². The molecule has 1 heteroatoms. The van der Waals surface area contributed by atoms with Crippen molar-refractivity contribution in [1.29, 1.82) is 0 Å². The van der Waals surface area contributed by atoms with Gasteiger partial charge >= 0.3 is 0 Å². The van der Waals surface area contributed by atoms with Gasteiger partial charge in [-0.3, -0.25) is 0 Å². The fourth-order valence-electron chi connectivity index (χ4n) is 3.88. The van der Waals surface area contributed by atoms with Crippen molar-refractivity contribution < 1.29 is 0 Å². The summed E-state index contributed by atoms with van der Waals surface area (Å²) in [7, 11) is 0. The summed E-state index contributed by atoms with van der Waals surface area (Å²) >= 11 is 0. The molecule has 0 amide bonds. The Morgan fingerprint density at radius 1 is 0.833 bits per heavy atom. The van der Waals surface area contributed by atoms with Crippen LogP contribution in [0.5, 0.6) is 0 Å². The minimum atomic E-state index is 0.602. The van der Waals surface area contributed by atoms with Crippen LogP contribution in [0.15, 0.2) is 12.2 Å². The van der Waals surface area contributed by atoms with Crippen LogP contribution in [-0.4, -0.2) is 12.1 Å². The molecule has 1 aliphatic carbocycles. The maximum atomic E-state index is 3.85. The van der Waals surface area contributed by atoms with E-state index in [1.165, 1.54) is 32.1 Å². The highest BCUT2D eigenvalue weighted by Gasteiger charge is 2.27. The van der Waals surface area contributed by atoms with Crippen LogP contribution in [0.25, 0.3) is 0 Å². The molecule has 0 aromatic carbocycles. The lowest BCUT2D eigenvalue weighted by Crippen LogP contribution is -2.42. The van der Waals surface area contributed by atoms with Crippen molar-refractivity contribution in [2.75, 3.05) is 0 Å². The molecule has 0 radical (unpaired) electrons. The quantitative estimate of drug-likeness (QED) is 0.438. The van der Waals surface area contributed by atoms with Gasteiger partial charge in [-0.05, 0) is 81.5 Å². The highest BCUT2D eigenvalue weighted by molar-refractivity contribution is 4.96. The molecule has 0 bridgehead atoms. The third kappa shape index (κ3) is 7.30. The molecule has 0 saturated heterocycles. The van der Waals surface area contributed by atoms with E-state index in [0.717, 1.165) is 29.6 Å². The van der Waals surface area contributed by atoms with E-state index in [2.05, 4.69) is 72.9 Å². The van der Waals surface area contributed by atoms with Gasteiger partial charge in [0, 0.05) is 12.1 Å². The number of hydrogen-bond acceptors (Lipinski definition) is 1. The molecule has 1 aliphatic rings. The normalized spacial score (nSPS) is 24.8. The van der Waals surface area contributed by atoms with Gasteiger partial charge in [0.15, 0.2) is 0 Å². The zero-order valence-electron chi connectivity index (χ0n) is 17.8. The first-order chi connectivity index (χ1) is 11.2. The van der Waals surface area contributed by atoms with Gasteiger partial charge in [-0.1, -0.05) is 53.7 Å². The average Bonchev–Trinajstić information content (AvgIpc) is 2.54. The van der Waals surface area contributed by atoms with Crippen LogP contribution < -0.4 is 5.32 Å². The van der Waals surface area contributed by atoms with Crippen molar-refractivity contribution in [3.8, 4) is 0 Å². The first-order valence-corrected chi connectivity index (χ1v) is 10.6. The summed E-state index contributed by atoms with van der Waals surface area (Å²) in [5, 5.41) is 3.85. The predicted octanol–water partition coefficient (Wildman–Crippen LogP) is 6.69. The molecular formula is C23H45N. The molecule has 0 spiro atoms. The monoisotopic (exact) mass is 335 g/mol. The van der Waals surface area contributed by atoms with Crippen LogP contribution >= 0.6 is 0 Å². The molecule has 142 valence electrons. The summed E-state index contributed by atoms with van der Waals surface area (Å²) < 4.78 is 0. The van der Waals surface area contributed by atoms with Gasteiger partial charge in [-0.2, -0.15) is 0 Å². The second kappa shape index (κ2) is 10.6. The molecule has 0 heterocycles. The lowest BCUT2D eigenvalue weighted by Gasteiger charge is -2.35. The molecule has 0 aromatic heterocycles. The number of nitrogens with one attached hydrogen (secondary N) is 1. The third-order valence-corrected chi connectivity index (χ3v) is 6.76. The van der Waals surface area contributed by atoms with Crippen LogP contribution in [0.4, 0.5) is 0 Å². The number of rotatable bonds is 10. The van der Waals surface area contributed by atoms with Gasteiger partial charge in [0.25, 0.3) is 0 Å². The molecular weight excluding hydrogens is 290 g/mol. The van der Waals surface area contributed by atoms with Crippen LogP contribution in [0.3, 0.4) is 0 Å². The summed E-state index contributed by atoms with van der Waals surface area (Å²) in [6.45, 7) is 19.0. The van der Waals surface area contributed by atoms with Crippen LogP contribution in [0.2, 0.25) is 0 Å². The molecule has 1 rings (SSSR count). The third-order valence-electron chi connectivity index (χ3n) is 6.76. The minimum absolute atomic E-state index is 0.602. The Labute approximate surface area is 153 Å². The molecule has 6 atom stereocenters. The molecule has 0 fully saturated rings. The second-order valence-corrected chi connectivity index (χ2v) is 9.44. The fourth-order valence-corrected chi connectivity index (χ4v) is 3.88. The Morgan fingerprint density at radius 3 is 1.96 bits per heavy atom. The Hall–Kier alpha value is -0.300. The minimum Gasteiger partial charge on any atom is -0.311 e. The summed E-state index contributed by atoms with van der Waals surface area (Å²) in [6.07, 6.45) is 11.8. The Morgan fingerprint density at radius 2 is 1.46 bits per heavy atom. The topological polar surface area (TPSA) is 12.0 Å². The summed E-state index contributed by atoms with van der Waals surface area (Å²) in [6, 6.07) is 1.21. The Kier molecular flexibility index (Phi) is 9.64. The molecule has 6 unspecified atom stereocenters. The van der Waals surface area contributed by atoms with E-state index in [1.54, 1.807) is 0 Å².